The van der Waals surface area contributed by atoms with Gasteiger partial charge in [-0.2, -0.15) is 0 Å². The molecule has 2 aliphatic heterocycles. The second kappa shape index (κ2) is 26.5. The van der Waals surface area contributed by atoms with Crippen molar-refractivity contribution in [3.63, 3.8) is 0 Å². The molecule has 0 saturated heterocycles. The highest BCUT2D eigenvalue weighted by Gasteiger charge is 2.47. The smallest absolute Gasteiger partial charge is 0.252 e. The Bertz CT molecular complexity index is 7290. The summed E-state index contributed by atoms with van der Waals surface area (Å²) in [6.45, 7) is 33.9. The van der Waals surface area contributed by atoms with E-state index in [0.717, 1.165) is 150 Å². The largest absolute Gasteiger partial charge is 0.310 e. The average Bonchev–Trinajstić information content (AvgIpc) is 1.08. The molecule has 6 heteroatoms. The van der Waals surface area contributed by atoms with Gasteiger partial charge in [0.2, 0.25) is 0 Å². The normalized spacial score (nSPS) is 14.2. The number of nitrogens with zero attached hydrogens (tertiary/aromatic N) is 5. The van der Waals surface area contributed by atoms with Gasteiger partial charge in [-0.05, 0) is 202 Å². The fourth-order valence-electron chi connectivity index (χ4n) is 18.4. The van der Waals surface area contributed by atoms with Crippen molar-refractivity contribution in [1.82, 2.24) is 13.7 Å². The number of fused-ring (bicyclic) bond motifs is 13. The zero-order chi connectivity index (χ0) is 86.8. The van der Waals surface area contributed by atoms with E-state index in [-0.39, 0.29) is 61.0 Å². The molecule has 20 rings (SSSR count). The summed E-state index contributed by atoms with van der Waals surface area (Å²) in [5, 5.41) is 4.24. The summed E-state index contributed by atoms with van der Waals surface area (Å²) in [6.07, 6.45) is 0. The van der Waals surface area contributed by atoms with E-state index >= 15 is 0 Å². The molecule has 566 valence electrons. The lowest BCUT2D eigenvalue weighted by Gasteiger charge is -2.46. The summed E-state index contributed by atoms with van der Waals surface area (Å²) < 4.78 is 83.7. The fraction of sp³-hybridized carbons (Fsp3) is 0.182. The number of hydrogen-bond acceptors (Lipinski definition) is 2. The third-order valence-electron chi connectivity index (χ3n) is 24.6. The molecule has 0 N–H and O–H groups in total. The highest BCUT2D eigenvalue weighted by atomic mass is 15.2. The molecule has 5 nitrogen and oxygen atoms in total. The van der Waals surface area contributed by atoms with Gasteiger partial charge >= 0.3 is 0 Å². The van der Waals surface area contributed by atoms with Gasteiger partial charge in [0.05, 0.1) is 61.1 Å². The topological polar surface area (TPSA) is 21.3 Å². The standard InChI is InChI=1S/C110H98BN5/c1-106(2,3)74-49-55-95-88(62-74)89-63-75(107(4,5)6)50-56-96(89)114(95)81-67-100-103-101(68-81)116(105-82(69-34-20-16-21-35-69)52-57-97-102(105)85-44-30-33-47-94(85)112(97)79-40-26-19-27-41-79)99-66-80(113-92-45-31-28-42-83(92)84-43-29-32-46-93(84)113)51-54-91(99)111(103)90-53-48-72(73-58-76(108(7,8)9)61-77(59-73)109(10,11)12)60-98(90)115(100)104-86(70-36-22-17-23-37-70)64-78(110(13,14)15)65-87(104)71-38-24-18-25-39-71/h16-68H,1-15H3/i28D,29D,31D,32D,42D,43D,45D,46D. The lowest BCUT2D eigenvalue weighted by molar-refractivity contribution is 0.569. The Morgan fingerprint density at radius 2 is 0.664 bits per heavy atom. The lowest BCUT2D eigenvalue weighted by atomic mass is 9.33. The Balaban J connectivity index is 1.04. The first kappa shape index (κ1) is 63.7. The minimum Gasteiger partial charge on any atom is -0.310 e. The molecule has 0 bridgehead atoms. The molecule has 0 unspecified atom stereocenters. The quantitative estimate of drug-likeness (QED) is 0.134. The van der Waals surface area contributed by atoms with E-state index in [1.807, 2.05) is 6.07 Å². The van der Waals surface area contributed by atoms with Crippen molar-refractivity contribution in [2.45, 2.75) is 131 Å². The van der Waals surface area contributed by atoms with Crippen LogP contribution in [0.3, 0.4) is 0 Å². The van der Waals surface area contributed by atoms with Crippen LogP contribution in [0.4, 0.5) is 34.1 Å². The van der Waals surface area contributed by atoms with Gasteiger partial charge in [0.25, 0.3) is 6.71 Å². The van der Waals surface area contributed by atoms with Gasteiger partial charge in [0.15, 0.2) is 0 Å². The van der Waals surface area contributed by atoms with E-state index in [0.29, 0.717) is 5.69 Å². The van der Waals surface area contributed by atoms with Crippen LogP contribution in [0, 0.1) is 0 Å². The molecule has 15 aromatic carbocycles. The molecular weight excluding hydrogens is 1400 g/mol. The van der Waals surface area contributed by atoms with Gasteiger partial charge in [-0.1, -0.05) is 322 Å². The highest BCUT2D eigenvalue weighted by molar-refractivity contribution is 7.00. The minimum absolute atomic E-state index is 0.00233. The second-order valence-electron chi connectivity index (χ2n) is 37.2. The number of hydrogen-bond donors (Lipinski definition) is 0. The predicted molar refractivity (Wildman–Crippen MR) is 499 cm³/mol. The van der Waals surface area contributed by atoms with Crippen LogP contribution < -0.4 is 26.2 Å². The van der Waals surface area contributed by atoms with Gasteiger partial charge in [-0.25, -0.2) is 0 Å². The molecule has 0 radical (unpaired) electrons. The molecule has 2 aliphatic rings. The predicted octanol–water partition coefficient (Wildman–Crippen LogP) is 28.2. The zero-order valence-electron chi connectivity index (χ0n) is 76.8. The summed E-state index contributed by atoms with van der Waals surface area (Å²) in [7, 11) is 0. The van der Waals surface area contributed by atoms with E-state index in [9.17, 15) is 11.0 Å². The molecule has 0 aliphatic carbocycles. The van der Waals surface area contributed by atoms with Gasteiger partial charge in [-0.3, -0.25) is 0 Å². The fourth-order valence-corrected chi connectivity index (χ4v) is 18.4. The summed E-state index contributed by atoms with van der Waals surface area (Å²) in [4.78, 5) is 5.15. The van der Waals surface area contributed by atoms with Crippen LogP contribution >= 0.6 is 0 Å². The van der Waals surface area contributed by atoms with Crippen molar-refractivity contribution in [3.8, 4) is 61.6 Å². The van der Waals surface area contributed by atoms with Gasteiger partial charge < -0.3 is 23.5 Å². The molecule has 116 heavy (non-hydrogen) atoms. The van der Waals surface area contributed by atoms with E-state index < -0.39 is 43.0 Å². The van der Waals surface area contributed by atoms with Gasteiger partial charge in [0, 0.05) is 83.1 Å². The monoisotopic (exact) mass is 1510 g/mol. The third-order valence-corrected chi connectivity index (χ3v) is 24.6. The molecule has 18 aromatic rings. The van der Waals surface area contributed by atoms with Gasteiger partial charge in [-0.15, -0.1) is 0 Å². The number of benzene rings is 15. The Morgan fingerprint density at radius 1 is 0.250 bits per heavy atom. The highest BCUT2D eigenvalue weighted by Crippen LogP contribution is 2.56. The molecule has 0 fully saturated rings. The van der Waals surface area contributed by atoms with Crippen LogP contribution in [0.15, 0.2) is 321 Å². The Hall–Kier alpha value is -12.6. The lowest BCUT2D eigenvalue weighted by Crippen LogP contribution is -2.61. The van der Waals surface area contributed by atoms with Crippen LogP contribution in [-0.4, -0.2) is 20.4 Å². The SMILES string of the molecule is [2H]c1c([2H])c([2H])c2c(c1[2H])c1c([2H])c([2H])c([2H])c([2H])c1n2-c1ccc2c(c1)N(c1c(-c3ccccc3)ccc3c1c1ccccc1n3-c1ccccc1)c1cc(-n3c4ccc(C(C)(C)C)cc4c4cc(C(C)(C)C)ccc43)cc3c1B2c1ccc(-c2cc(C(C)(C)C)cc(C(C)(C)C)c2)cc1N3c1c(-c2ccccc2)cc(C(C)(C)C)cc1-c1ccccc1. The molecule has 0 amide bonds. The molecule has 3 aromatic heterocycles. The van der Waals surface area contributed by atoms with E-state index in [1.165, 1.54) is 27.8 Å². The van der Waals surface area contributed by atoms with Crippen LogP contribution in [0.25, 0.3) is 127 Å². The molecule has 5 heterocycles. The van der Waals surface area contributed by atoms with Crippen molar-refractivity contribution in [1.29, 1.82) is 0 Å². The van der Waals surface area contributed by atoms with E-state index in [2.05, 4.69) is 390 Å². The molecule has 0 saturated carbocycles. The Kier molecular flexibility index (Phi) is 14.5. The minimum atomic E-state index is -0.570. The summed E-state index contributed by atoms with van der Waals surface area (Å²) in [5.74, 6) is 0. The molecule has 0 atom stereocenters. The van der Waals surface area contributed by atoms with Crippen molar-refractivity contribution < 1.29 is 11.0 Å². The first-order chi connectivity index (χ1) is 59.0. The third kappa shape index (κ3) is 11.7. The van der Waals surface area contributed by atoms with Crippen LogP contribution in [0.5, 0.6) is 0 Å². The van der Waals surface area contributed by atoms with Crippen LogP contribution in [0.1, 0.15) is 143 Å². The van der Waals surface area contributed by atoms with Crippen molar-refractivity contribution in [3.05, 3.63) is 349 Å². The Labute approximate surface area is 694 Å². The Morgan fingerprint density at radius 3 is 1.19 bits per heavy atom. The second-order valence-corrected chi connectivity index (χ2v) is 37.2. The number of rotatable bonds is 9. The molecular formula is C110H98BN5. The van der Waals surface area contributed by atoms with E-state index in [1.54, 1.807) is 4.57 Å². The maximum absolute atomic E-state index is 10.1. The van der Waals surface area contributed by atoms with E-state index in [4.69, 9.17) is 0 Å². The van der Waals surface area contributed by atoms with Crippen LogP contribution in [-0.2, 0) is 27.1 Å². The summed E-state index contributed by atoms with van der Waals surface area (Å²) in [5.41, 5.74) is 27.9. The number of anilines is 6. The maximum atomic E-state index is 10.1. The van der Waals surface area contributed by atoms with Crippen molar-refractivity contribution in [2.75, 3.05) is 9.80 Å². The molecule has 0 spiro atoms. The van der Waals surface area contributed by atoms with Gasteiger partial charge in [0.1, 0.15) is 0 Å². The number of para-hydroxylation sites is 4. The number of aromatic nitrogens is 3. The summed E-state index contributed by atoms with van der Waals surface area (Å²) in [6, 6.07) is 97.6. The van der Waals surface area contributed by atoms with Crippen molar-refractivity contribution >= 4 is 123 Å². The summed E-state index contributed by atoms with van der Waals surface area (Å²) >= 11 is 0. The maximum Gasteiger partial charge on any atom is 0.252 e. The van der Waals surface area contributed by atoms with Crippen molar-refractivity contribution in [2.24, 2.45) is 0 Å². The first-order valence-corrected chi connectivity index (χ1v) is 40.8. The van der Waals surface area contributed by atoms with Crippen LogP contribution in [0.2, 0.25) is 0 Å². The zero-order valence-corrected chi connectivity index (χ0v) is 68.8. The first-order valence-electron chi connectivity index (χ1n) is 44.8. The average molecular weight is 1510 g/mol.